The van der Waals surface area contributed by atoms with Gasteiger partial charge in [-0.3, -0.25) is 9.89 Å². The maximum atomic E-state index is 5.15. The van der Waals surface area contributed by atoms with Gasteiger partial charge in [-0.15, -0.1) is 0 Å². The van der Waals surface area contributed by atoms with E-state index in [4.69, 9.17) is 9.73 Å². The Labute approximate surface area is 179 Å². The molecule has 2 aromatic rings. The van der Waals surface area contributed by atoms with Crippen molar-refractivity contribution in [2.24, 2.45) is 4.99 Å². The highest BCUT2D eigenvalue weighted by Gasteiger charge is 2.22. The van der Waals surface area contributed by atoms with Gasteiger partial charge < -0.3 is 15.4 Å². The first-order chi connectivity index (χ1) is 14.6. The molecular formula is C22H35N7O. The van der Waals surface area contributed by atoms with Crippen molar-refractivity contribution in [3.05, 3.63) is 47.5 Å². The van der Waals surface area contributed by atoms with Crippen LogP contribution in [0.15, 0.2) is 35.3 Å². The molecule has 2 unspecified atom stereocenters. The van der Waals surface area contributed by atoms with Gasteiger partial charge in [0, 0.05) is 38.7 Å². The predicted octanol–water partition coefficient (Wildman–Crippen LogP) is 1.81. The minimum atomic E-state index is 0.282. The van der Waals surface area contributed by atoms with E-state index in [-0.39, 0.29) is 6.04 Å². The SMILES string of the molecule is CCNC(=NCC(C)N(C)Cc1ccccc1)NC1CCc2nc(COC)nn2C1. The maximum absolute atomic E-state index is 5.15. The number of ether oxygens (including phenoxy) is 1. The average molecular weight is 414 g/mol. The molecule has 0 spiro atoms. The Morgan fingerprint density at radius 3 is 2.90 bits per heavy atom. The number of benzene rings is 1. The Morgan fingerprint density at radius 1 is 1.37 bits per heavy atom. The molecular weight excluding hydrogens is 378 g/mol. The molecule has 0 saturated heterocycles. The molecule has 2 heterocycles. The van der Waals surface area contributed by atoms with E-state index in [0.29, 0.717) is 12.6 Å². The van der Waals surface area contributed by atoms with Crippen LogP contribution in [0, 0.1) is 0 Å². The van der Waals surface area contributed by atoms with Gasteiger partial charge in [-0.25, -0.2) is 9.67 Å². The van der Waals surface area contributed by atoms with E-state index in [9.17, 15) is 0 Å². The summed E-state index contributed by atoms with van der Waals surface area (Å²) in [5, 5.41) is 11.5. The number of hydrogen-bond donors (Lipinski definition) is 2. The van der Waals surface area contributed by atoms with Crippen LogP contribution >= 0.6 is 0 Å². The van der Waals surface area contributed by atoms with Gasteiger partial charge in [0.1, 0.15) is 12.4 Å². The van der Waals surface area contributed by atoms with Crippen LogP contribution in [0.25, 0.3) is 0 Å². The highest BCUT2D eigenvalue weighted by molar-refractivity contribution is 5.80. The predicted molar refractivity (Wildman–Crippen MR) is 119 cm³/mol. The van der Waals surface area contributed by atoms with Crippen LogP contribution in [0.4, 0.5) is 0 Å². The number of nitrogens with zero attached hydrogens (tertiary/aromatic N) is 5. The summed E-state index contributed by atoms with van der Waals surface area (Å²) in [5.41, 5.74) is 1.32. The van der Waals surface area contributed by atoms with Gasteiger partial charge in [0.15, 0.2) is 11.8 Å². The summed E-state index contributed by atoms with van der Waals surface area (Å²) >= 11 is 0. The summed E-state index contributed by atoms with van der Waals surface area (Å²) in [7, 11) is 3.82. The van der Waals surface area contributed by atoms with Crippen molar-refractivity contribution in [1.82, 2.24) is 30.3 Å². The fraction of sp³-hybridized carbons (Fsp3) is 0.591. The van der Waals surface area contributed by atoms with Crippen LogP contribution in [0.3, 0.4) is 0 Å². The van der Waals surface area contributed by atoms with Crippen LogP contribution in [0.5, 0.6) is 0 Å². The molecule has 8 heteroatoms. The Bertz CT molecular complexity index is 805. The molecule has 0 amide bonds. The zero-order valence-corrected chi connectivity index (χ0v) is 18.6. The Hall–Kier alpha value is -2.45. The Balaban J connectivity index is 1.55. The van der Waals surface area contributed by atoms with Gasteiger partial charge in [-0.05, 0) is 32.9 Å². The number of fused-ring (bicyclic) bond motifs is 1. The molecule has 0 bridgehead atoms. The van der Waals surface area contributed by atoms with Crippen LogP contribution in [0.2, 0.25) is 0 Å². The molecule has 2 N–H and O–H groups in total. The smallest absolute Gasteiger partial charge is 0.191 e. The summed E-state index contributed by atoms with van der Waals surface area (Å²) in [4.78, 5) is 11.7. The van der Waals surface area contributed by atoms with Crippen LogP contribution in [0.1, 0.15) is 37.5 Å². The number of rotatable bonds is 9. The molecule has 3 rings (SSSR count). The highest BCUT2D eigenvalue weighted by Crippen LogP contribution is 2.13. The minimum Gasteiger partial charge on any atom is -0.377 e. The molecule has 1 aromatic carbocycles. The van der Waals surface area contributed by atoms with Crippen LogP contribution in [-0.4, -0.2) is 65.0 Å². The third kappa shape index (κ3) is 6.27. The average Bonchev–Trinajstić information content (AvgIpc) is 3.14. The number of nitrogens with one attached hydrogen (secondary N) is 2. The van der Waals surface area contributed by atoms with Gasteiger partial charge in [0.2, 0.25) is 0 Å². The monoisotopic (exact) mass is 413 g/mol. The van der Waals surface area contributed by atoms with Gasteiger partial charge >= 0.3 is 0 Å². The maximum Gasteiger partial charge on any atom is 0.191 e. The number of methoxy groups -OCH3 is 1. The first-order valence-electron chi connectivity index (χ1n) is 10.8. The van der Waals surface area contributed by atoms with Gasteiger partial charge in [-0.2, -0.15) is 5.10 Å². The van der Waals surface area contributed by atoms with Crippen molar-refractivity contribution in [1.29, 1.82) is 0 Å². The van der Waals surface area contributed by atoms with Gasteiger partial charge in [-0.1, -0.05) is 30.3 Å². The Kier molecular flexibility index (Phi) is 8.21. The highest BCUT2D eigenvalue weighted by atomic mass is 16.5. The zero-order chi connectivity index (χ0) is 21.3. The number of aliphatic imine (C=N–C) groups is 1. The zero-order valence-electron chi connectivity index (χ0n) is 18.6. The fourth-order valence-electron chi connectivity index (χ4n) is 3.57. The lowest BCUT2D eigenvalue weighted by molar-refractivity contribution is 0.177. The third-order valence-corrected chi connectivity index (χ3v) is 5.40. The molecule has 2 atom stereocenters. The molecule has 164 valence electrons. The standard InChI is InChI=1S/C22H35N7O/c1-5-23-22(24-13-17(2)28(3)14-18-9-7-6-8-10-18)25-19-11-12-21-26-20(16-30-4)27-29(21)15-19/h6-10,17,19H,5,11-16H2,1-4H3,(H2,23,24,25). The van der Waals surface area contributed by atoms with E-state index < -0.39 is 0 Å². The second-order valence-electron chi connectivity index (χ2n) is 7.91. The molecule has 8 nitrogen and oxygen atoms in total. The van der Waals surface area contributed by atoms with Gasteiger partial charge in [0.05, 0.1) is 13.1 Å². The molecule has 0 radical (unpaired) electrons. The number of aryl methyl sites for hydroxylation is 1. The number of aromatic nitrogens is 3. The summed E-state index contributed by atoms with van der Waals surface area (Å²) in [6.07, 6.45) is 1.92. The fourth-order valence-corrected chi connectivity index (χ4v) is 3.57. The number of hydrogen-bond acceptors (Lipinski definition) is 5. The lowest BCUT2D eigenvalue weighted by atomic mass is 10.1. The van der Waals surface area contributed by atoms with Crippen molar-refractivity contribution >= 4 is 5.96 Å². The molecule has 0 fully saturated rings. The van der Waals surface area contributed by atoms with Gasteiger partial charge in [0.25, 0.3) is 0 Å². The second-order valence-corrected chi connectivity index (χ2v) is 7.91. The number of likely N-dealkylation sites (N-methyl/N-ethyl adjacent to an activating group) is 1. The van der Waals surface area contributed by atoms with Crippen molar-refractivity contribution in [2.75, 3.05) is 27.2 Å². The van der Waals surface area contributed by atoms with E-state index in [1.807, 2.05) is 4.68 Å². The van der Waals surface area contributed by atoms with Crippen molar-refractivity contribution in [3.63, 3.8) is 0 Å². The molecule has 1 aliphatic rings. The molecule has 1 aliphatic heterocycles. The van der Waals surface area contributed by atoms with E-state index in [1.165, 1.54) is 5.56 Å². The largest absolute Gasteiger partial charge is 0.377 e. The first kappa shape index (κ1) is 22.2. The van der Waals surface area contributed by atoms with E-state index in [2.05, 4.69) is 76.8 Å². The Morgan fingerprint density at radius 2 is 2.17 bits per heavy atom. The normalized spacial score (nSPS) is 17.6. The van der Waals surface area contributed by atoms with E-state index in [1.54, 1.807) is 7.11 Å². The first-order valence-corrected chi connectivity index (χ1v) is 10.8. The molecule has 30 heavy (non-hydrogen) atoms. The molecule has 0 aliphatic carbocycles. The minimum absolute atomic E-state index is 0.282. The van der Waals surface area contributed by atoms with E-state index in [0.717, 1.165) is 56.6 Å². The topological polar surface area (TPSA) is 79.6 Å². The van der Waals surface area contributed by atoms with Crippen LogP contribution in [-0.2, 0) is 30.9 Å². The molecule has 1 aromatic heterocycles. The number of guanidine groups is 1. The quantitative estimate of drug-likeness (QED) is 0.482. The van der Waals surface area contributed by atoms with E-state index >= 15 is 0 Å². The lowest BCUT2D eigenvalue weighted by Gasteiger charge is -2.26. The summed E-state index contributed by atoms with van der Waals surface area (Å²) in [5.74, 6) is 2.66. The van der Waals surface area contributed by atoms with Crippen molar-refractivity contribution in [3.8, 4) is 0 Å². The summed E-state index contributed by atoms with van der Waals surface area (Å²) in [6.45, 7) is 8.04. The second kappa shape index (κ2) is 11.1. The van der Waals surface area contributed by atoms with Crippen molar-refractivity contribution < 1.29 is 4.74 Å². The van der Waals surface area contributed by atoms with Crippen LogP contribution < -0.4 is 10.6 Å². The molecule has 0 saturated carbocycles. The third-order valence-electron chi connectivity index (χ3n) is 5.40. The summed E-state index contributed by atoms with van der Waals surface area (Å²) in [6, 6.07) is 11.2. The lowest BCUT2D eigenvalue weighted by Crippen LogP contribution is -2.47. The van der Waals surface area contributed by atoms with Crippen molar-refractivity contribution in [2.45, 2.75) is 58.5 Å². The summed E-state index contributed by atoms with van der Waals surface area (Å²) < 4.78 is 7.15.